The second kappa shape index (κ2) is 6.10. The van der Waals surface area contributed by atoms with Crippen molar-refractivity contribution in [3.05, 3.63) is 47.6 Å². The van der Waals surface area contributed by atoms with E-state index in [1.165, 1.54) is 0 Å². The van der Waals surface area contributed by atoms with Crippen LogP contribution in [0.25, 0.3) is 0 Å². The number of hydrogen-bond acceptors (Lipinski definition) is 5. The van der Waals surface area contributed by atoms with Crippen LogP contribution in [0.1, 0.15) is 30.2 Å². The third-order valence-corrected chi connectivity index (χ3v) is 2.66. The Morgan fingerprint density at radius 3 is 2.74 bits per heavy atom. The van der Waals surface area contributed by atoms with E-state index in [4.69, 9.17) is 4.52 Å². The minimum atomic E-state index is -0.939. The summed E-state index contributed by atoms with van der Waals surface area (Å²) in [4.78, 5) is 15.4. The molecule has 2 N–H and O–H groups in total. The summed E-state index contributed by atoms with van der Waals surface area (Å²) in [6, 6.07) is 8.19. The van der Waals surface area contributed by atoms with Crippen LogP contribution >= 0.6 is 0 Å². The van der Waals surface area contributed by atoms with Crippen molar-refractivity contribution in [1.82, 2.24) is 15.5 Å². The maximum absolute atomic E-state index is 11.3. The van der Waals surface area contributed by atoms with Crippen molar-refractivity contribution in [1.29, 1.82) is 0 Å². The molecule has 0 aliphatic rings. The molecule has 6 heteroatoms. The Labute approximate surface area is 110 Å². The molecule has 100 valence electrons. The molecule has 1 aromatic heterocycles. The monoisotopic (exact) mass is 261 g/mol. The van der Waals surface area contributed by atoms with Crippen LogP contribution in [0.5, 0.6) is 0 Å². The lowest BCUT2D eigenvalue weighted by Crippen LogP contribution is -2.28. The Balaban J connectivity index is 2.04. The van der Waals surface area contributed by atoms with Crippen LogP contribution in [0.2, 0.25) is 0 Å². The Hall–Kier alpha value is -2.21. The number of aryl methyl sites for hydroxylation is 1. The van der Waals surface area contributed by atoms with Gasteiger partial charge >= 0.3 is 5.97 Å². The van der Waals surface area contributed by atoms with E-state index in [1.54, 1.807) is 24.3 Å². The van der Waals surface area contributed by atoms with Gasteiger partial charge in [-0.1, -0.05) is 42.4 Å². The second-order valence-electron chi connectivity index (χ2n) is 4.02. The summed E-state index contributed by atoms with van der Waals surface area (Å²) in [6.07, 6.45) is 0.661. The van der Waals surface area contributed by atoms with Gasteiger partial charge in [0.25, 0.3) is 0 Å². The number of carbonyl (C=O) groups is 1. The van der Waals surface area contributed by atoms with E-state index in [0.29, 0.717) is 23.7 Å². The molecule has 0 saturated carbocycles. The van der Waals surface area contributed by atoms with Crippen molar-refractivity contribution in [3.63, 3.8) is 0 Å². The van der Waals surface area contributed by atoms with Crippen LogP contribution in [-0.4, -0.2) is 21.2 Å². The van der Waals surface area contributed by atoms with Gasteiger partial charge in [-0.25, -0.2) is 0 Å². The van der Waals surface area contributed by atoms with E-state index < -0.39 is 12.0 Å². The van der Waals surface area contributed by atoms with Crippen molar-refractivity contribution >= 4 is 5.97 Å². The molecule has 0 amide bonds. The fourth-order valence-corrected chi connectivity index (χ4v) is 1.69. The summed E-state index contributed by atoms with van der Waals surface area (Å²) in [7, 11) is 0. The molecule has 2 rings (SSSR count). The molecule has 0 radical (unpaired) electrons. The Bertz CT molecular complexity index is 539. The lowest BCUT2D eigenvalue weighted by Gasteiger charge is -2.13. The van der Waals surface area contributed by atoms with E-state index in [9.17, 15) is 9.90 Å². The highest BCUT2D eigenvalue weighted by Crippen LogP contribution is 2.13. The number of rotatable bonds is 6. The zero-order valence-electron chi connectivity index (χ0n) is 10.5. The summed E-state index contributed by atoms with van der Waals surface area (Å²) in [5, 5.41) is 15.9. The standard InChI is InChI=1S/C13H15N3O3/c1-2-11-15-10(16-19-11)8-14-12(13(17)18)9-6-4-3-5-7-9/h3-7,12,14H,2,8H2,1H3,(H,17,18)/t12-/m1/s1. The van der Waals surface area contributed by atoms with Gasteiger partial charge in [0.1, 0.15) is 6.04 Å². The van der Waals surface area contributed by atoms with E-state index in [-0.39, 0.29) is 6.54 Å². The second-order valence-corrected chi connectivity index (χ2v) is 4.02. The maximum Gasteiger partial charge on any atom is 0.325 e. The molecule has 0 spiro atoms. The molecule has 0 unspecified atom stereocenters. The van der Waals surface area contributed by atoms with Crippen LogP contribution < -0.4 is 5.32 Å². The number of carboxylic acids is 1. The predicted octanol–water partition coefficient (Wildman–Crippen LogP) is 1.55. The number of nitrogens with zero attached hydrogens (tertiary/aromatic N) is 2. The van der Waals surface area contributed by atoms with Crippen molar-refractivity contribution < 1.29 is 14.4 Å². The molecule has 1 atom stereocenters. The Morgan fingerprint density at radius 2 is 2.16 bits per heavy atom. The number of benzene rings is 1. The lowest BCUT2D eigenvalue weighted by atomic mass is 10.1. The molecule has 0 aliphatic heterocycles. The highest BCUT2D eigenvalue weighted by Gasteiger charge is 2.19. The number of hydrogen-bond donors (Lipinski definition) is 2. The first-order chi connectivity index (χ1) is 9.20. The predicted molar refractivity (Wildman–Crippen MR) is 67.3 cm³/mol. The quantitative estimate of drug-likeness (QED) is 0.820. The number of nitrogens with one attached hydrogen (secondary N) is 1. The molecular formula is C13H15N3O3. The van der Waals surface area contributed by atoms with Gasteiger partial charge in [0.15, 0.2) is 5.82 Å². The molecule has 0 fully saturated rings. The van der Waals surface area contributed by atoms with Crippen LogP contribution in [0.4, 0.5) is 0 Å². The van der Waals surface area contributed by atoms with Crippen LogP contribution in [0, 0.1) is 0 Å². The molecule has 2 aromatic rings. The van der Waals surface area contributed by atoms with Gasteiger partial charge in [0.05, 0.1) is 6.54 Å². The molecule has 0 bridgehead atoms. The molecule has 19 heavy (non-hydrogen) atoms. The van der Waals surface area contributed by atoms with Crippen molar-refractivity contribution in [2.45, 2.75) is 25.9 Å². The van der Waals surface area contributed by atoms with Crippen LogP contribution in [-0.2, 0) is 17.8 Å². The van der Waals surface area contributed by atoms with Gasteiger partial charge in [0.2, 0.25) is 5.89 Å². The summed E-state index contributed by atoms with van der Waals surface area (Å²) in [5.74, 6) is 0.0628. The molecule has 6 nitrogen and oxygen atoms in total. The topological polar surface area (TPSA) is 88.2 Å². The van der Waals surface area contributed by atoms with Crippen molar-refractivity contribution in [2.75, 3.05) is 0 Å². The third-order valence-electron chi connectivity index (χ3n) is 2.66. The van der Waals surface area contributed by atoms with E-state index >= 15 is 0 Å². The summed E-state index contributed by atoms with van der Waals surface area (Å²) in [5.41, 5.74) is 0.689. The molecule has 1 heterocycles. The van der Waals surface area contributed by atoms with E-state index in [0.717, 1.165) is 0 Å². The Morgan fingerprint density at radius 1 is 1.42 bits per heavy atom. The maximum atomic E-state index is 11.3. The van der Waals surface area contributed by atoms with Gasteiger partial charge in [-0.15, -0.1) is 0 Å². The summed E-state index contributed by atoms with van der Waals surface area (Å²) in [6.45, 7) is 2.16. The minimum Gasteiger partial charge on any atom is -0.480 e. The normalized spacial score (nSPS) is 12.3. The number of carboxylic acid groups (broad SMARTS) is 1. The SMILES string of the molecule is CCc1nc(CN[C@@H](C(=O)O)c2ccccc2)no1. The fourth-order valence-electron chi connectivity index (χ4n) is 1.69. The fraction of sp³-hybridized carbons (Fsp3) is 0.308. The highest BCUT2D eigenvalue weighted by atomic mass is 16.5. The molecule has 0 aliphatic carbocycles. The van der Waals surface area contributed by atoms with Crippen molar-refractivity contribution in [3.8, 4) is 0 Å². The number of aromatic nitrogens is 2. The lowest BCUT2D eigenvalue weighted by molar-refractivity contribution is -0.139. The number of aliphatic carboxylic acids is 1. The van der Waals surface area contributed by atoms with E-state index in [2.05, 4.69) is 15.5 Å². The smallest absolute Gasteiger partial charge is 0.325 e. The average molecular weight is 261 g/mol. The van der Waals surface area contributed by atoms with Crippen LogP contribution in [0.3, 0.4) is 0 Å². The first kappa shape index (κ1) is 13.2. The zero-order chi connectivity index (χ0) is 13.7. The molecular weight excluding hydrogens is 246 g/mol. The van der Waals surface area contributed by atoms with Crippen molar-refractivity contribution in [2.24, 2.45) is 0 Å². The minimum absolute atomic E-state index is 0.245. The zero-order valence-corrected chi connectivity index (χ0v) is 10.5. The molecule has 1 aromatic carbocycles. The van der Waals surface area contributed by atoms with E-state index in [1.807, 2.05) is 13.0 Å². The summed E-state index contributed by atoms with van der Waals surface area (Å²) >= 11 is 0. The van der Waals surface area contributed by atoms with Gasteiger partial charge < -0.3 is 9.63 Å². The largest absolute Gasteiger partial charge is 0.480 e. The first-order valence-corrected chi connectivity index (χ1v) is 6.03. The third kappa shape index (κ3) is 3.38. The van der Waals surface area contributed by atoms with Crippen LogP contribution in [0.15, 0.2) is 34.9 Å². The van der Waals surface area contributed by atoms with Gasteiger partial charge in [-0.05, 0) is 5.56 Å². The first-order valence-electron chi connectivity index (χ1n) is 6.03. The molecule has 0 saturated heterocycles. The van der Waals surface area contributed by atoms with Gasteiger partial charge in [-0.2, -0.15) is 4.98 Å². The average Bonchev–Trinajstić information content (AvgIpc) is 2.88. The van der Waals surface area contributed by atoms with Gasteiger partial charge in [-0.3, -0.25) is 10.1 Å². The summed E-state index contributed by atoms with van der Waals surface area (Å²) < 4.78 is 4.96. The van der Waals surface area contributed by atoms with Gasteiger partial charge in [0, 0.05) is 6.42 Å². The Kier molecular flexibility index (Phi) is 4.25. The highest BCUT2D eigenvalue weighted by molar-refractivity contribution is 5.75.